The second kappa shape index (κ2) is 31.9. The SMILES string of the molecule is COCCOOOOOOOOOOOOOOOOOOOOOOO/C=C\OCC(C)(CO)CC(=O)CCCCCN1C(=O)C=CC1=O. The van der Waals surface area contributed by atoms with Crippen LogP contribution in [0.15, 0.2) is 24.7 Å². The molecule has 0 spiro atoms. The molecule has 1 heterocycles. The number of imide groups is 1. The number of ether oxygens (including phenoxy) is 2. The Morgan fingerprint density at radius 2 is 1.16 bits per heavy atom. The molecule has 1 aliphatic heterocycles. The fourth-order valence-electron chi connectivity index (χ4n) is 2.87. The van der Waals surface area contributed by atoms with E-state index in [2.05, 4.69) is 120 Å². The number of hydrogen-bond acceptors (Lipinski definition) is 29. The Balaban J connectivity index is 1.82. The van der Waals surface area contributed by atoms with Crippen LogP contribution in [0.2, 0.25) is 0 Å². The molecule has 30 nitrogen and oxygen atoms in total. The highest BCUT2D eigenvalue weighted by atomic mass is 18.0. The zero-order chi connectivity index (χ0) is 36.4. The van der Waals surface area contributed by atoms with Crippen molar-refractivity contribution >= 4 is 17.6 Å². The maximum atomic E-state index is 12.3. The number of Topliss-reactive ketones (excluding diaryl/α,β-unsaturated/α-hetero) is 1. The number of ketones is 1. The van der Waals surface area contributed by atoms with Crippen molar-refractivity contribution < 1.29 is 145 Å². The Labute approximate surface area is 277 Å². The lowest BCUT2D eigenvalue weighted by Crippen LogP contribution is -2.31. The van der Waals surface area contributed by atoms with Crippen LogP contribution in [-0.4, -0.2) is 67.7 Å². The van der Waals surface area contributed by atoms with Crippen molar-refractivity contribution in [1.29, 1.82) is 0 Å². The summed E-state index contributed by atoms with van der Waals surface area (Å²) in [4.78, 5) is 45.1. The predicted molar refractivity (Wildman–Crippen MR) is 126 cm³/mol. The first-order chi connectivity index (χ1) is 24.4. The van der Waals surface area contributed by atoms with Gasteiger partial charge in [-0.2, -0.15) is 0 Å². The van der Waals surface area contributed by atoms with E-state index in [1.807, 2.05) is 0 Å². The molecular formula is C20H31NO29. The van der Waals surface area contributed by atoms with Crippen molar-refractivity contribution in [3.05, 3.63) is 24.7 Å². The Kier molecular flexibility index (Phi) is 28.7. The second-order valence-corrected chi connectivity index (χ2v) is 8.58. The van der Waals surface area contributed by atoms with E-state index in [4.69, 9.17) is 4.74 Å². The predicted octanol–water partition coefficient (Wildman–Crippen LogP) is 0.0756. The van der Waals surface area contributed by atoms with Gasteiger partial charge in [-0.25, -0.2) is 4.89 Å². The summed E-state index contributed by atoms with van der Waals surface area (Å²) in [6.07, 6.45) is 6.38. The topological polar surface area (TPSA) is 305 Å². The summed E-state index contributed by atoms with van der Waals surface area (Å²) in [5.41, 5.74) is -0.885. The zero-order valence-corrected chi connectivity index (χ0v) is 25.7. The fraction of sp³-hybridized carbons (Fsp3) is 0.650. The van der Waals surface area contributed by atoms with E-state index in [-0.39, 0.29) is 56.9 Å². The summed E-state index contributed by atoms with van der Waals surface area (Å²) in [7, 11) is 1.42. The molecule has 0 aromatic rings. The highest BCUT2D eigenvalue weighted by molar-refractivity contribution is 6.12. The van der Waals surface area contributed by atoms with E-state index in [9.17, 15) is 19.5 Å². The smallest absolute Gasteiger partial charge is 0.253 e. The number of nitrogens with zero attached hydrogens (tertiary/aromatic N) is 1. The largest absolute Gasteiger partial charge is 0.497 e. The maximum absolute atomic E-state index is 12.3. The standard InChI is InChI=1S/C20H31NO29/c1-20(15-22,14-17(23)6-4-3-5-9-21-18(24)7-8-19(21)25)16-27-11-13-29-31-33-35-37-39-41-43-45-47-49-50-48-46-44-42-40-38-36-34-32-30-28-12-10-26-2/h7-8,11,13,22H,3-6,9-10,12,14-16H2,1-2H3/b13-11-. The number of rotatable bonds is 38. The number of carbonyl (C=O) groups excluding carboxylic acids is 3. The lowest BCUT2D eigenvalue weighted by atomic mass is 9.85. The van der Waals surface area contributed by atoms with Crippen LogP contribution in [0.5, 0.6) is 0 Å². The summed E-state index contributed by atoms with van der Waals surface area (Å²) in [5.74, 6) is -0.781. The van der Waals surface area contributed by atoms with Crippen LogP contribution in [0.1, 0.15) is 39.0 Å². The van der Waals surface area contributed by atoms with Crippen molar-refractivity contribution in [2.24, 2.45) is 5.41 Å². The Morgan fingerprint density at radius 1 is 0.680 bits per heavy atom. The molecule has 50 heavy (non-hydrogen) atoms. The number of carbonyl (C=O) groups is 3. The van der Waals surface area contributed by atoms with Gasteiger partial charge in [0.2, 0.25) is 0 Å². The average Bonchev–Trinajstić information content (AvgIpc) is 3.43. The molecule has 0 radical (unpaired) electrons. The van der Waals surface area contributed by atoms with Crippen LogP contribution in [0.4, 0.5) is 0 Å². The van der Waals surface area contributed by atoms with Crippen LogP contribution in [0.3, 0.4) is 0 Å². The van der Waals surface area contributed by atoms with Crippen molar-refractivity contribution in [2.75, 3.05) is 40.1 Å². The van der Waals surface area contributed by atoms with E-state index >= 15 is 0 Å². The minimum Gasteiger partial charge on any atom is -0.497 e. The van der Waals surface area contributed by atoms with Crippen LogP contribution < -0.4 is 0 Å². The summed E-state index contributed by atoms with van der Waals surface area (Å²) >= 11 is 0. The van der Waals surface area contributed by atoms with E-state index in [1.54, 1.807) is 6.92 Å². The number of aliphatic hydroxyl groups is 1. The molecule has 30 heteroatoms. The summed E-state index contributed by atoms with van der Waals surface area (Å²) in [6.45, 7) is 1.77. The molecule has 0 bridgehead atoms. The van der Waals surface area contributed by atoms with Gasteiger partial charge in [-0.1, -0.05) is 13.3 Å². The van der Waals surface area contributed by atoms with Gasteiger partial charge in [-0.15, -0.1) is 0 Å². The summed E-state index contributed by atoms with van der Waals surface area (Å²) < 4.78 is 9.82. The Hall–Kier alpha value is -3.07. The van der Waals surface area contributed by atoms with E-state index in [0.717, 1.165) is 17.4 Å². The third-order valence-electron chi connectivity index (χ3n) is 4.90. The van der Waals surface area contributed by atoms with Crippen molar-refractivity contribution in [3.63, 3.8) is 0 Å². The number of amides is 2. The number of unbranched alkanes of at least 4 members (excludes halogenated alkanes) is 2. The lowest BCUT2D eigenvalue weighted by Gasteiger charge is -2.25. The van der Waals surface area contributed by atoms with Gasteiger partial charge in [-0.05, 0) is 53.1 Å². The molecule has 0 saturated heterocycles. The van der Waals surface area contributed by atoms with Crippen molar-refractivity contribution in [2.45, 2.75) is 39.0 Å². The molecule has 0 aromatic heterocycles. The van der Waals surface area contributed by atoms with Gasteiger partial charge in [0.1, 0.15) is 18.7 Å². The summed E-state index contributed by atoms with van der Waals surface area (Å²) in [6, 6.07) is 0. The van der Waals surface area contributed by atoms with Gasteiger partial charge in [0.15, 0.2) is 6.26 Å². The Bertz CT molecular complexity index is 905. The minimum absolute atomic E-state index is 0.0150. The minimum atomic E-state index is -0.885. The first-order valence-corrected chi connectivity index (χ1v) is 13.1. The number of hydrogen-bond donors (Lipinski definition) is 1. The molecule has 1 rings (SSSR count). The molecule has 0 fully saturated rings. The number of aliphatic hydroxyl groups excluding tert-OH is 1. The molecule has 1 N–H and O–H groups in total. The molecule has 0 aliphatic carbocycles. The van der Waals surface area contributed by atoms with E-state index in [0.29, 0.717) is 25.8 Å². The van der Waals surface area contributed by atoms with E-state index < -0.39 is 5.41 Å². The summed E-state index contributed by atoms with van der Waals surface area (Å²) in [5, 5.41) is 86.9. The third kappa shape index (κ3) is 25.8. The van der Waals surface area contributed by atoms with Crippen LogP contribution >= 0.6 is 0 Å². The van der Waals surface area contributed by atoms with Crippen molar-refractivity contribution in [3.8, 4) is 0 Å². The lowest BCUT2D eigenvalue weighted by molar-refractivity contribution is -0.898. The monoisotopic (exact) mass is 749 g/mol. The van der Waals surface area contributed by atoms with E-state index in [1.165, 1.54) is 19.3 Å². The fourth-order valence-corrected chi connectivity index (χ4v) is 2.87. The van der Waals surface area contributed by atoms with Gasteiger partial charge in [0.25, 0.3) is 11.8 Å². The van der Waals surface area contributed by atoms with Gasteiger partial charge < -0.3 is 19.5 Å². The van der Waals surface area contributed by atoms with Gasteiger partial charge in [0, 0.05) is 110 Å². The van der Waals surface area contributed by atoms with Gasteiger partial charge >= 0.3 is 0 Å². The molecular weight excluding hydrogens is 718 g/mol. The van der Waals surface area contributed by atoms with Crippen LogP contribution in [0, 0.1) is 5.41 Å². The highest BCUT2D eigenvalue weighted by Crippen LogP contribution is 2.23. The number of methoxy groups -OCH3 is 1. The molecule has 1 atom stereocenters. The molecule has 0 saturated carbocycles. The second-order valence-electron chi connectivity index (χ2n) is 8.58. The quantitative estimate of drug-likeness (QED) is 0.0287. The van der Waals surface area contributed by atoms with Crippen molar-refractivity contribution in [1.82, 2.24) is 4.90 Å². The average molecular weight is 749 g/mol. The normalized spacial score (nSPS) is 14.3. The van der Waals surface area contributed by atoms with Crippen LogP contribution in [-0.2, 0) is 139 Å². The first-order valence-electron chi connectivity index (χ1n) is 13.1. The third-order valence-corrected chi connectivity index (χ3v) is 4.90. The van der Waals surface area contributed by atoms with Crippen LogP contribution in [0.25, 0.3) is 0 Å². The molecule has 0 aromatic carbocycles. The van der Waals surface area contributed by atoms with Gasteiger partial charge in [-0.3, -0.25) is 19.3 Å². The first kappa shape index (κ1) is 45.0. The maximum Gasteiger partial charge on any atom is 0.253 e. The Morgan fingerprint density at radius 3 is 1.64 bits per heavy atom. The molecule has 1 aliphatic rings. The molecule has 290 valence electrons. The molecule has 1 unspecified atom stereocenters. The molecule has 2 amide bonds. The highest BCUT2D eigenvalue weighted by Gasteiger charge is 2.27. The zero-order valence-electron chi connectivity index (χ0n) is 25.7. The van der Waals surface area contributed by atoms with Gasteiger partial charge in [0.05, 0.1) is 19.8 Å².